The maximum Gasteiger partial charge on any atom is 0.0848 e. The van der Waals surface area contributed by atoms with E-state index in [4.69, 9.17) is 0 Å². The molecule has 0 aliphatic heterocycles. The highest BCUT2D eigenvalue weighted by atomic mass is 15.2. The number of aryl methyl sites for hydroxylation is 4. The lowest BCUT2D eigenvalue weighted by molar-refractivity contribution is 0.613. The number of allylic oxidation sites excluding steroid dienone is 1. The van der Waals surface area contributed by atoms with Crippen LogP contribution in [0.25, 0.3) is 11.1 Å². The van der Waals surface area contributed by atoms with Crippen LogP contribution < -0.4 is 20.0 Å². The molecular formula is C64H56N4. The van der Waals surface area contributed by atoms with Gasteiger partial charge in [0.25, 0.3) is 0 Å². The first kappa shape index (κ1) is 43.5. The Kier molecular flexibility index (Phi) is 12.3. The molecule has 1 N–H and O–H groups in total. The van der Waals surface area contributed by atoms with E-state index in [1.54, 1.807) is 0 Å². The molecule has 332 valence electrons. The molecule has 0 saturated heterocycles. The number of hydrogen-bond acceptors (Lipinski definition) is 4. The van der Waals surface area contributed by atoms with Gasteiger partial charge >= 0.3 is 0 Å². The zero-order valence-electron chi connectivity index (χ0n) is 39.2. The Morgan fingerprint density at radius 3 is 1.15 bits per heavy atom. The van der Waals surface area contributed by atoms with E-state index in [0.29, 0.717) is 0 Å². The van der Waals surface area contributed by atoms with Crippen molar-refractivity contribution in [1.29, 1.82) is 0 Å². The van der Waals surface area contributed by atoms with Crippen LogP contribution in [0.5, 0.6) is 0 Å². The van der Waals surface area contributed by atoms with Gasteiger partial charge in [-0.15, -0.1) is 0 Å². The highest BCUT2D eigenvalue weighted by Crippen LogP contribution is 2.42. The van der Waals surface area contributed by atoms with Crippen LogP contribution in [0.1, 0.15) is 34.2 Å². The van der Waals surface area contributed by atoms with Crippen molar-refractivity contribution in [2.24, 2.45) is 0 Å². The Hall–Kier alpha value is -8.34. The maximum atomic E-state index is 3.95. The van der Waals surface area contributed by atoms with Crippen LogP contribution in [0.4, 0.5) is 51.2 Å². The van der Waals surface area contributed by atoms with Crippen LogP contribution in [0, 0.1) is 27.7 Å². The predicted octanol–water partition coefficient (Wildman–Crippen LogP) is 17.5. The fraction of sp³-hybridized carbons (Fsp3) is 0.0938. The molecule has 0 saturated carbocycles. The van der Waals surface area contributed by atoms with Crippen LogP contribution in [0.15, 0.2) is 254 Å². The molecule has 4 heteroatoms. The second-order valence-electron chi connectivity index (χ2n) is 18.0. The number of anilines is 9. The molecule has 0 amide bonds. The Balaban J connectivity index is 0.943. The fourth-order valence-corrected chi connectivity index (χ4v) is 9.45. The van der Waals surface area contributed by atoms with Gasteiger partial charge in [-0.3, -0.25) is 0 Å². The number of nitrogens with one attached hydrogen (secondary N) is 1. The van der Waals surface area contributed by atoms with E-state index < -0.39 is 5.54 Å². The monoisotopic (exact) mass is 880 g/mol. The van der Waals surface area contributed by atoms with Crippen LogP contribution >= 0.6 is 0 Å². The van der Waals surface area contributed by atoms with Crippen LogP contribution in [-0.4, -0.2) is 0 Å². The molecule has 0 radical (unpaired) electrons. The third kappa shape index (κ3) is 9.36. The first-order valence-electron chi connectivity index (χ1n) is 23.5. The third-order valence-electron chi connectivity index (χ3n) is 12.8. The third-order valence-corrected chi connectivity index (χ3v) is 12.8. The van der Waals surface area contributed by atoms with Gasteiger partial charge in [-0.2, -0.15) is 0 Å². The second kappa shape index (κ2) is 19.2. The van der Waals surface area contributed by atoms with Gasteiger partial charge in [0.2, 0.25) is 0 Å². The van der Waals surface area contributed by atoms with E-state index in [1.165, 1.54) is 33.4 Å². The van der Waals surface area contributed by atoms with E-state index in [2.05, 4.69) is 296 Å². The predicted molar refractivity (Wildman–Crippen MR) is 289 cm³/mol. The number of hydrogen-bond donors (Lipinski definition) is 1. The molecule has 0 heterocycles. The van der Waals surface area contributed by atoms with Crippen molar-refractivity contribution >= 4 is 51.2 Å². The van der Waals surface area contributed by atoms with E-state index in [1.807, 2.05) is 0 Å². The first-order valence-corrected chi connectivity index (χ1v) is 23.5. The van der Waals surface area contributed by atoms with Gasteiger partial charge in [-0.25, -0.2) is 0 Å². The molecule has 1 unspecified atom stereocenters. The lowest BCUT2D eigenvalue weighted by Gasteiger charge is -2.37. The van der Waals surface area contributed by atoms with Crippen LogP contribution in [0.2, 0.25) is 0 Å². The van der Waals surface area contributed by atoms with Gasteiger partial charge in [0, 0.05) is 56.9 Å². The molecule has 10 rings (SSSR count). The second-order valence-corrected chi connectivity index (χ2v) is 18.0. The molecule has 68 heavy (non-hydrogen) atoms. The van der Waals surface area contributed by atoms with Crippen molar-refractivity contribution in [1.82, 2.24) is 0 Å². The van der Waals surface area contributed by atoms with Crippen LogP contribution in [-0.2, 0) is 5.54 Å². The number of para-hydroxylation sites is 2. The zero-order chi connectivity index (χ0) is 46.5. The highest BCUT2D eigenvalue weighted by Gasteiger charge is 2.32. The van der Waals surface area contributed by atoms with Crippen molar-refractivity contribution in [3.05, 3.63) is 282 Å². The summed E-state index contributed by atoms with van der Waals surface area (Å²) in [5.41, 5.74) is 19.1. The summed E-state index contributed by atoms with van der Waals surface area (Å²) >= 11 is 0. The summed E-state index contributed by atoms with van der Waals surface area (Å²) in [5.74, 6) is 0. The fourth-order valence-electron chi connectivity index (χ4n) is 9.45. The Morgan fingerprint density at radius 1 is 0.353 bits per heavy atom. The van der Waals surface area contributed by atoms with E-state index in [9.17, 15) is 0 Å². The Bertz CT molecular complexity index is 3120. The van der Waals surface area contributed by atoms with Crippen molar-refractivity contribution < 1.29 is 0 Å². The summed E-state index contributed by atoms with van der Waals surface area (Å²) in [6.45, 7) is 8.61. The molecule has 0 fully saturated rings. The minimum atomic E-state index is -0.457. The largest absolute Gasteiger partial charge is 0.372 e. The molecular weight excluding hydrogens is 825 g/mol. The maximum absolute atomic E-state index is 3.95. The summed E-state index contributed by atoms with van der Waals surface area (Å²) in [5, 5.41) is 3.95. The highest BCUT2D eigenvalue weighted by molar-refractivity contribution is 5.82. The summed E-state index contributed by atoms with van der Waals surface area (Å²) < 4.78 is 0. The van der Waals surface area contributed by atoms with Crippen molar-refractivity contribution in [2.45, 2.75) is 39.7 Å². The topological polar surface area (TPSA) is 21.8 Å². The molecule has 0 bridgehead atoms. The quantitative estimate of drug-likeness (QED) is 0.125. The average molecular weight is 881 g/mol. The smallest absolute Gasteiger partial charge is 0.0848 e. The summed E-state index contributed by atoms with van der Waals surface area (Å²) in [6, 6.07) is 83.1. The Morgan fingerprint density at radius 2 is 0.721 bits per heavy atom. The number of rotatable bonds is 13. The molecule has 0 aromatic heterocycles. The Labute approximate surface area is 402 Å². The molecule has 9 aromatic carbocycles. The van der Waals surface area contributed by atoms with Crippen molar-refractivity contribution in [2.75, 3.05) is 20.0 Å². The van der Waals surface area contributed by atoms with Crippen molar-refractivity contribution in [3.63, 3.8) is 0 Å². The SMILES string of the molecule is Cc1cccc(N(C2=CCC(Nc3ccccc3)(c3ccc(-c4ccc(N(c5ccccc5)c5ccc(N(c6cccc(C)c6)c6cccc(C)c6)cc5)cc4)cc3)C=C2)c2cccc(C)c2)c1. The normalized spacial score (nSPS) is 14.2. The molecule has 1 aliphatic rings. The first-order chi connectivity index (χ1) is 33.3. The van der Waals surface area contributed by atoms with E-state index in [0.717, 1.165) is 68.9 Å². The summed E-state index contributed by atoms with van der Waals surface area (Å²) in [7, 11) is 0. The van der Waals surface area contributed by atoms with Gasteiger partial charge in [0.15, 0.2) is 0 Å². The number of nitrogens with zero attached hydrogens (tertiary/aromatic N) is 3. The van der Waals surface area contributed by atoms with E-state index >= 15 is 0 Å². The standard InChI is InChI=1S/C64H56N4/c1-47-15-11-23-60(43-47)67(61-24-12-16-48(2)44-61)58-37-35-57(36-38-58)66(55-21-9-6-10-22-55)56-33-29-52(30-34-56)51-27-31-53(32-28-51)64(65-54-19-7-5-8-20-54)41-39-59(40-42-64)68(62-25-13-17-49(3)45-62)63-26-14-18-50(4)46-63/h5-41,43-46,65H,42H2,1-4H3. The van der Waals surface area contributed by atoms with Gasteiger partial charge in [0.05, 0.1) is 5.54 Å². The summed E-state index contributed by atoms with van der Waals surface area (Å²) in [4.78, 5) is 7.04. The lowest BCUT2D eigenvalue weighted by atomic mass is 9.82. The minimum Gasteiger partial charge on any atom is -0.372 e. The molecule has 1 atom stereocenters. The minimum absolute atomic E-state index is 0.457. The van der Waals surface area contributed by atoms with E-state index in [-0.39, 0.29) is 0 Å². The van der Waals surface area contributed by atoms with Gasteiger partial charge in [-0.1, -0.05) is 133 Å². The number of benzene rings is 9. The zero-order valence-corrected chi connectivity index (χ0v) is 39.2. The molecule has 4 nitrogen and oxygen atoms in total. The molecule has 9 aromatic rings. The molecule has 0 spiro atoms. The van der Waals surface area contributed by atoms with Crippen molar-refractivity contribution in [3.8, 4) is 11.1 Å². The van der Waals surface area contributed by atoms with Gasteiger partial charge in [0.1, 0.15) is 0 Å². The summed E-state index contributed by atoms with van der Waals surface area (Å²) in [6.07, 6.45) is 7.78. The average Bonchev–Trinajstić information content (AvgIpc) is 3.36. The molecule has 1 aliphatic carbocycles. The van der Waals surface area contributed by atoms with Gasteiger partial charge < -0.3 is 20.0 Å². The lowest BCUT2D eigenvalue weighted by Crippen LogP contribution is -2.35. The van der Waals surface area contributed by atoms with Gasteiger partial charge in [-0.05, 0) is 188 Å². The van der Waals surface area contributed by atoms with Crippen LogP contribution in [0.3, 0.4) is 0 Å².